The Hall–Kier alpha value is -2.34. The molecule has 0 saturated heterocycles. The van der Waals surface area contributed by atoms with Crippen molar-refractivity contribution in [3.8, 4) is 5.75 Å². The van der Waals surface area contributed by atoms with Crippen molar-refractivity contribution in [3.05, 3.63) is 36.0 Å². The number of aliphatic hydroxyl groups excluding tert-OH is 1. The summed E-state index contributed by atoms with van der Waals surface area (Å²) in [4.78, 5) is 9.08. The fourth-order valence-corrected chi connectivity index (χ4v) is 2.40. The average molecular weight is 328 g/mol. The average Bonchev–Trinajstić information content (AvgIpc) is 3.41. The Morgan fingerprint density at radius 2 is 2.00 bits per heavy atom. The topological polar surface area (TPSA) is 79.3 Å². The lowest BCUT2D eigenvalue weighted by molar-refractivity contribution is 0.281. The maximum absolute atomic E-state index is 9.22. The molecular formula is C18H24N4O2. The van der Waals surface area contributed by atoms with Crippen LogP contribution >= 0.6 is 0 Å². The van der Waals surface area contributed by atoms with Gasteiger partial charge in [-0.3, -0.25) is 0 Å². The second-order valence-electron chi connectivity index (χ2n) is 6.09. The molecule has 3 rings (SSSR count). The molecule has 24 heavy (non-hydrogen) atoms. The number of nitrogens with one attached hydrogen (secondary N) is 2. The van der Waals surface area contributed by atoms with Gasteiger partial charge in [0.15, 0.2) is 0 Å². The number of ether oxygens (including phenoxy) is 1. The highest BCUT2D eigenvalue weighted by Crippen LogP contribution is 2.40. The largest absolute Gasteiger partial charge is 0.494 e. The van der Waals surface area contributed by atoms with E-state index in [9.17, 15) is 5.11 Å². The minimum atomic E-state index is -0.0854. The SMILES string of the molecule is CCOc1ccc(Nc2cc(C3CC3)nc(N[C@@H](C)CO)n2)cc1. The number of aliphatic hydroxyl groups is 1. The summed E-state index contributed by atoms with van der Waals surface area (Å²) in [5.41, 5.74) is 1.99. The van der Waals surface area contributed by atoms with Crippen molar-refractivity contribution < 1.29 is 9.84 Å². The van der Waals surface area contributed by atoms with Gasteiger partial charge in [-0.1, -0.05) is 0 Å². The number of aromatic nitrogens is 2. The van der Waals surface area contributed by atoms with Crippen LogP contribution in [0.1, 0.15) is 38.3 Å². The Bertz CT molecular complexity index is 671. The van der Waals surface area contributed by atoms with Gasteiger partial charge < -0.3 is 20.5 Å². The van der Waals surface area contributed by atoms with Gasteiger partial charge in [0.2, 0.25) is 5.95 Å². The van der Waals surface area contributed by atoms with Crippen LogP contribution in [0.4, 0.5) is 17.5 Å². The van der Waals surface area contributed by atoms with Crippen LogP contribution in [0, 0.1) is 0 Å². The molecule has 6 heteroatoms. The fraction of sp³-hybridized carbons (Fsp3) is 0.444. The zero-order valence-corrected chi connectivity index (χ0v) is 14.1. The first kappa shape index (κ1) is 16.5. The van der Waals surface area contributed by atoms with Crippen LogP contribution in [-0.2, 0) is 0 Å². The molecular weight excluding hydrogens is 304 g/mol. The van der Waals surface area contributed by atoms with Gasteiger partial charge in [-0.25, -0.2) is 4.98 Å². The number of benzene rings is 1. The lowest BCUT2D eigenvalue weighted by atomic mass is 10.2. The molecule has 128 valence electrons. The van der Waals surface area contributed by atoms with Gasteiger partial charge in [-0.05, 0) is 51.0 Å². The maximum atomic E-state index is 9.22. The van der Waals surface area contributed by atoms with Gasteiger partial charge >= 0.3 is 0 Å². The summed E-state index contributed by atoms with van der Waals surface area (Å²) >= 11 is 0. The Labute approximate surface area is 142 Å². The lowest BCUT2D eigenvalue weighted by Gasteiger charge is -2.14. The molecule has 1 atom stereocenters. The van der Waals surface area contributed by atoms with Crippen molar-refractivity contribution in [3.63, 3.8) is 0 Å². The van der Waals surface area contributed by atoms with E-state index in [2.05, 4.69) is 20.6 Å². The third kappa shape index (κ3) is 4.35. The number of hydrogen-bond donors (Lipinski definition) is 3. The molecule has 3 N–H and O–H groups in total. The Kier molecular flexibility index (Phi) is 5.15. The minimum absolute atomic E-state index is 0.0403. The van der Waals surface area contributed by atoms with Gasteiger partial charge in [0.1, 0.15) is 11.6 Å². The molecule has 0 bridgehead atoms. The zero-order valence-electron chi connectivity index (χ0n) is 14.1. The van der Waals surface area contributed by atoms with Crippen LogP contribution in [0.5, 0.6) is 5.75 Å². The van der Waals surface area contributed by atoms with Gasteiger partial charge in [-0.2, -0.15) is 4.98 Å². The monoisotopic (exact) mass is 328 g/mol. The van der Waals surface area contributed by atoms with Crippen LogP contribution in [0.25, 0.3) is 0 Å². The van der Waals surface area contributed by atoms with Gasteiger partial charge in [0.25, 0.3) is 0 Å². The first-order valence-corrected chi connectivity index (χ1v) is 8.44. The summed E-state index contributed by atoms with van der Waals surface area (Å²) in [6.07, 6.45) is 2.35. The normalized spacial score (nSPS) is 15.0. The molecule has 0 amide bonds. The quantitative estimate of drug-likeness (QED) is 0.690. The summed E-state index contributed by atoms with van der Waals surface area (Å²) < 4.78 is 5.46. The van der Waals surface area contributed by atoms with E-state index in [4.69, 9.17) is 4.74 Å². The van der Waals surface area contributed by atoms with Gasteiger partial charge in [-0.15, -0.1) is 0 Å². The Morgan fingerprint density at radius 1 is 1.25 bits per heavy atom. The highest BCUT2D eigenvalue weighted by molar-refractivity contribution is 5.59. The van der Waals surface area contributed by atoms with E-state index in [0.29, 0.717) is 18.5 Å². The summed E-state index contributed by atoms with van der Waals surface area (Å²) in [5, 5.41) is 15.7. The molecule has 1 saturated carbocycles. The lowest BCUT2D eigenvalue weighted by Crippen LogP contribution is -2.21. The van der Waals surface area contributed by atoms with Crippen LogP contribution in [0.15, 0.2) is 30.3 Å². The van der Waals surface area contributed by atoms with Crippen LogP contribution < -0.4 is 15.4 Å². The molecule has 1 aromatic carbocycles. The second kappa shape index (κ2) is 7.49. The molecule has 1 fully saturated rings. The third-order valence-corrected chi connectivity index (χ3v) is 3.83. The van der Waals surface area contributed by atoms with Crippen LogP contribution in [0.3, 0.4) is 0 Å². The van der Waals surface area contributed by atoms with Crippen molar-refractivity contribution in [2.24, 2.45) is 0 Å². The van der Waals surface area contributed by atoms with E-state index in [1.807, 2.05) is 44.2 Å². The molecule has 2 aromatic rings. The van der Waals surface area contributed by atoms with Crippen LogP contribution in [-0.4, -0.2) is 34.3 Å². The van der Waals surface area contributed by atoms with E-state index in [0.717, 1.165) is 22.9 Å². The van der Waals surface area contributed by atoms with Crippen molar-refractivity contribution in [1.82, 2.24) is 9.97 Å². The number of nitrogens with zero attached hydrogens (tertiary/aromatic N) is 2. The maximum Gasteiger partial charge on any atom is 0.225 e. The van der Waals surface area contributed by atoms with E-state index in [1.165, 1.54) is 12.8 Å². The summed E-state index contributed by atoms with van der Waals surface area (Å²) in [5.74, 6) is 2.68. The summed E-state index contributed by atoms with van der Waals surface area (Å²) in [6.45, 7) is 4.56. The predicted molar refractivity (Wildman–Crippen MR) is 95.1 cm³/mol. The molecule has 0 aliphatic heterocycles. The van der Waals surface area contributed by atoms with Gasteiger partial charge in [0, 0.05) is 23.7 Å². The van der Waals surface area contributed by atoms with E-state index >= 15 is 0 Å². The zero-order chi connectivity index (χ0) is 16.9. The molecule has 0 radical (unpaired) electrons. The predicted octanol–water partition coefficient (Wildman–Crippen LogP) is 3.29. The van der Waals surface area contributed by atoms with Crippen LogP contribution in [0.2, 0.25) is 0 Å². The minimum Gasteiger partial charge on any atom is -0.494 e. The molecule has 0 unspecified atom stereocenters. The number of hydrogen-bond acceptors (Lipinski definition) is 6. The third-order valence-electron chi connectivity index (χ3n) is 3.83. The Balaban J connectivity index is 1.78. The van der Waals surface area contributed by atoms with Crippen molar-refractivity contribution in [2.75, 3.05) is 23.8 Å². The fourth-order valence-electron chi connectivity index (χ4n) is 2.40. The molecule has 1 heterocycles. The highest BCUT2D eigenvalue weighted by atomic mass is 16.5. The first-order valence-electron chi connectivity index (χ1n) is 8.44. The number of rotatable bonds is 8. The second-order valence-corrected chi connectivity index (χ2v) is 6.09. The van der Waals surface area contributed by atoms with E-state index in [1.54, 1.807) is 0 Å². The summed E-state index contributed by atoms with van der Waals surface area (Å²) in [7, 11) is 0. The standard InChI is InChI=1S/C18H24N4O2/c1-3-24-15-8-6-14(7-9-15)20-17-10-16(13-4-5-13)21-18(22-17)19-12(2)11-23/h6-10,12-13,23H,3-5,11H2,1-2H3,(H2,19,20,21,22)/t12-/m0/s1. The molecule has 1 aliphatic carbocycles. The summed E-state index contributed by atoms with van der Waals surface area (Å²) in [6, 6.07) is 9.71. The highest BCUT2D eigenvalue weighted by Gasteiger charge is 2.26. The molecule has 1 aliphatic rings. The van der Waals surface area contributed by atoms with Crippen molar-refractivity contribution >= 4 is 17.5 Å². The Morgan fingerprint density at radius 3 is 2.62 bits per heavy atom. The van der Waals surface area contributed by atoms with E-state index < -0.39 is 0 Å². The van der Waals surface area contributed by atoms with Gasteiger partial charge in [0.05, 0.1) is 18.9 Å². The smallest absolute Gasteiger partial charge is 0.225 e. The van der Waals surface area contributed by atoms with Crippen molar-refractivity contribution in [2.45, 2.75) is 38.6 Å². The van der Waals surface area contributed by atoms with Crippen molar-refractivity contribution in [1.29, 1.82) is 0 Å². The van der Waals surface area contributed by atoms with E-state index in [-0.39, 0.29) is 12.6 Å². The number of anilines is 3. The molecule has 6 nitrogen and oxygen atoms in total. The molecule has 1 aromatic heterocycles. The first-order chi connectivity index (χ1) is 11.7. The molecule has 0 spiro atoms.